The molecule has 1 heterocycles. The van der Waals surface area contributed by atoms with Crippen LogP contribution in [0, 0.1) is 0 Å². The summed E-state index contributed by atoms with van der Waals surface area (Å²) in [7, 11) is 1.63. The summed E-state index contributed by atoms with van der Waals surface area (Å²) in [4.78, 5) is 0. The van der Waals surface area contributed by atoms with E-state index in [1.54, 1.807) is 24.2 Å². The molecule has 5 nitrogen and oxygen atoms in total. The first-order valence-electron chi connectivity index (χ1n) is 4.59. The Morgan fingerprint density at radius 2 is 2.33 bits per heavy atom. The van der Waals surface area contributed by atoms with Crippen LogP contribution >= 0.6 is 0 Å². The Hall–Kier alpha value is -1.88. The Kier molecular flexibility index (Phi) is 2.64. The summed E-state index contributed by atoms with van der Waals surface area (Å²) in [6, 6.07) is 5.68. The predicted octanol–water partition coefficient (Wildman–Crippen LogP) is 0.735. The number of rotatable bonds is 3. The standard InChI is InChI=1S/C10H12N4O/c1-15-9-2-3-10(8(6-9)7-11)14-5-4-12-13-14/h2-6H,7,11H2,1H3. The maximum atomic E-state index is 5.66. The molecule has 0 radical (unpaired) electrons. The van der Waals surface area contributed by atoms with Crippen LogP contribution in [0.3, 0.4) is 0 Å². The van der Waals surface area contributed by atoms with Crippen molar-refractivity contribution in [3.63, 3.8) is 0 Å². The average Bonchev–Trinajstić information content (AvgIpc) is 2.81. The highest BCUT2D eigenvalue weighted by Crippen LogP contribution is 2.19. The number of ether oxygens (including phenoxy) is 1. The minimum atomic E-state index is 0.437. The number of hydrogen-bond acceptors (Lipinski definition) is 4. The first-order valence-corrected chi connectivity index (χ1v) is 4.59. The molecule has 0 aliphatic heterocycles. The fraction of sp³-hybridized carbons (Fsp3) is 0.200. The van der Waals surface area contributed by atoms with Crippen molar-refractivity contribution < 1.29 is 4.74 Å². The fourth-order valence-electron chi connectivity index (χ4n) is 1.41. The SMILES string of the molecule is COc1ccc(-n2ccnn2)c(CN)c1. The molecular weight excluding hydrogens is 192 g/mol. The van der Waals surface area contributed by atoms with Gasteiger partial charge < -0.3 is 10.5 Å². The Bertz CT molecular complexity index is 439. The van der Waals surface area contributed by atoms with E-state index in [4.69, 9.17) is 10.5 Å². The normalized spacial score (nSPS) is 10.3. The molecule has 0 fully saturated rings. The smallest absolute Gasteiger partial charge is 0.119 e. The van der Waals surface area contributed by atoms with Gasteiger partial charge in [0.15, 0.2) is 0 Å². The summed E-state index contributed by atoms with van der Waals surface area (Å²) < 4.78 is 6.81. The van der Waals surface area contributed by atoms with E-state index in [0.29, 0.717) is 6.54 Å². The van der Waals surface area contributed by atoms with E-state index in [9.17, 15) is 0 Å². The lowest BCUT2D eigenvalue weighted by molar-refractivity contribution is 0.414. The van der Waals surface area contributed by atoms with Crippen molar-refractivity contribution in [2.24, 2.45) is 5.73 Å². The quantitative estimate of drug-likeness (QED) is 0.800. The number of benzene rings is 1. The third-order valence-corrected chi connectivity index (χ3v) is 2.18. The highest BCUT2D eigenvalue weighted by atomic mass is 16.5. The van der Waals surface area contributed by atoms with Crippen LogP contribution in [0.5, 0.6) is 5.75 Å². The van der Waals surface area contributed by atoms with Crippen LogP contribution in [0.25, 0.3) is 5.69 Å². The molecule has 0 unspecified atom stereocenters. The lowest BCUT2D eigenvalue weighted by Gasteiger charge is -2.08. The van der Waals surface area contributed by atoms with Gasteiger partial charge >= 0.3 is 0 Å². The van der Waals surface area contributed by atoms with Crippen LogP contribution in [0.2, 0.25) is 0 Å². The summed E-state index contributed by atoms with van der Waals surface area (Å²) in [5.41, 5.74) is 7.56. The maximum absolute atomic E-state index is 5.66. The van der Waals surface area contributed by atoms with Crippen LogP contribution < -0.4 is 10.5 Å². The molecule has 0 atom stereocenters. The molecular formula is C10H12N4O. The van der Waals surface area contributed by atoms with E-state index in [1.165, 1.54) is 0 Å². The van der Waals surface area contributed by atoms with E-state index in [2.05, 4.69) is 10.3 Å². The number of methoxy groups -OCH3 is 1. The third kappa shape index (κ3) is 1.82. The van der Waals surface area contributed by atoms with Crippen LogP contribution in [-0.2, 0) is 6.54 Å². The molecule has 0 saturated carbocycles. The van der Waals surface area contributed by atoms with Gasteiger partial charge in [0.05, 0.1) is 25.2 Å². The van der Waals surface area contributed by atoms with Gasteiger partial charge in [-0.15, -0.1) is 5.10 Å². The summed E-state index contributed by atoms with van der Waals surface area (Å²) in [6.07, 6.45) is 3.41. The minimum absolute atomic E-state index is 0.437. The van der Waals surface area contributed by atoms with E-state index >= 15 is 0 Å². The Morgan fingerprint density at radius 1 is 1.47 bits per heavy atom. The number of hydrogen-bond donors (Lipinski definition) is 1. The molecule has 1 aromatic carbocycles. The fourth-order valence-corrected chi connectivity index (χ4v) is 1.41. The minimum Gasteiger partial charge on any atom is -0.497 e. The van der Waals surface area contributed by atoms with E-state index in [0.717, 1.165) is 17.0 Å². The molecule has 1 aromatic heterocycles. The van der Waals surface area contributed by atoms with Gasteiger partial charge in [-0.3, -0.25) is 0 Å². The third-order valence-electron chi connectivity index (χ3n) is 2.18. The van der Waals surface area contributed by atoms with Crippen LogP contribution in [0.4, 0.5) is 0 Å². The first-order chi connectivity index (χ1) is 7.35. The van der Waals surface area contributed by atoms with Crippen LogP contribution in [0.15, 0.2) is 30.6 Å². The largest absolute Gasteiger partial charge is 0.497 e. The monoisotopic (exact) mass is 204 g/mol. The molecule has 2 N–H and O–H groups in total. The van der Waals surface area contributed by atoms with E-state index in [-0.39, 0.29) is 0 Å². The van der Waals surface area contributed by atoms with Gasteiger partial charge in [-0.2, -0.15) is 0 Å². The molecule has 0 spiro atoms. The highest BCUT2D eigenvalue weighted by molar-refractivity contribution is 5.45. The molecule has 0 amide bonds. The summed E-state index contributed by atoms with van der Waals surface area (Å²) in [5, 5.41) is 7.68. The maximum Gasteiger partial charge on any atom is 0.119 e. The van der Waals surface area contributed by atoms with Gasteiger partial charge in [0.2, 0.25) is 0 Å². The van der Waals surface area contributed by atoms with Crippen molar-refractivity contribution in [2.75, 3.05) is 7.11 Å². The number of nitrogens with zero attached hydrogens (tertiary/aromatic N) is 3. The predicted molar refractivity (Wildman–Crippen MR) is 55.8 cm³/mol. The van der Waals surface area contributed by atoms with Gasteiger partial charge in [-0.05, 0) is 23.8 Å². The molecule has 2 aromatic rings. The summed E-state index contributed by atoms with van der Waals surface area (Å²) >= 11 is 0. The molecule has 0 aliphatic rings. The Balaban J connectivity index is 2.48. The van der Waals surface area contributed by atoms with Crippen LogP contribution in [0.1, 0.15) is 5.56 Å². The second kappa shape index (κ2) is 4.10. The second-order valence-electron chi connectivity index (χ2n) is 3.05. The Labute approximate surface area is 87.5 Å². The molecule has 15 heavy (non-hydrogen) atoms. The van der Waals surface area contributed by atoms with Crippen molar-refractivity contribution in [3.8, 4) is 11.4 Å². The zero-order valence-corrected chi connectivity index (χ0v) is 8.42. The van der Waals surface area contributed by atoms with E-state index < -0.39 is 0 Å². The molecule has 5 heteroatoms. The zero-order valence-electron chi connectivity index (χ0n) is 8.42. The van der Waals surface area contributed by atoms with Gasteiger partial charge in [-0.1, -0.05) is 5.21 Å². The van der Waals surface area contributed by atoms with Crippen molar-refractivity contribution in [1.29, 1.82) is 0 Å². The van der Waals surface area contributed by atoms with Crippen LogP contribution in [-0.4, -0.2) is 22.1 Å². The number of nitrogens with two attached hydrogens (primary N) is 1. The molecule has 2 rings (SSSR count). The lowest BCUT2D eigenvalue weighted by Crippen LogP contribution is -2.05. The Morgan fingerprint density at radius 3 is 2.93 bits per heavy atom. The van der Waals surface area contributed by atoms with Gasteiger partial charge in [-0.25, -0.2) is 4.68 Å². The topological polar surface area (TPSA) is 66.0 Å². The van der Waals surface area contributed by atoms with Gasteiger partial charge in [0.25, 0.3) is 0 Å². The van der Waals surface area contributed by atoms with Crippen molar-refractivity contribution in [2.45, 2.75) is 6.54 Å². The highest BCUT2D eigenvalue weighted by Gasteiger charge is 2.05. The first kappa shape index (κ1) is 9.67. The van der Waals surface area contributed by atoms with Crippen molar-refractivity contribution in [1.82, 2.24) is 15.0 Å². The van der Waals surface area contributed by atoms with Crippen molar-refractivity contribution >= 4 is 0 Å². The average molecular weight is 204 g/mol. The zero-order chi connectivity index (χ0) is 10.7. The second-order valence-corrected chi connectivity index (χ2v) is 3.05. The number of aromatic nitrogens is 3. The molecule has 0 saturated heterocycles. The summed E-state index contributed by atoms with van der Waals surface area (Å²) in [6.45, 7) is 0.437. The van der Waals surface area contributed by atoms with Crippen molar-refractivity contribution in [3.05, 3.63) is 36.2 Å². The van der Waals surface area contributed by atoms with Gasteiger partial charge in [0.1, 0.15) is 5.75 Å². The van der Waals surface area contributed by atoms with Gasteiger partial charge in [0, 0.05) is 6.54 Å². The lowest BCUT2D eigenvalue weighted by atomic mass is 10.1. The summed E-state index contributed by atoms with van der Waals surface area (Å²) in [5.74, 6) is 0.791. The molecule has 78 valence electrons. The molecule has 0 bridgehead atoms. The molecule has 0 aliphatic carbocycles. The van der Waals surface area contributed by atoms with E-state index in [1.807, 2.05) is 18.2 Å².